The van der Waals surface area contributed by atoms with E-state index in [1.165, 1.54) is 28.0 Å². The molecule has 0 aromatic carbocycles. The summed E-state index contributed by atoms with van der Waals surface area (Å²) in [5.41, 5.74) is 0. The molecule has 152 valence electrons. The minimum absolute atomic E-state index is 0.0518. The molecule has 2 aromatic heterocycles. The lowest BCUT2D eigenvalue weighted by Crippen LogP contribution is -2.51. The first-order chi connectivity index (χ1) is 13.7. The smallest absolute Gasteiger partial charge is 0.409 e. The Bertz CT molecular complexity index is 760. The van der Waals surface area contributed by atoms with Gasteiger partial charge in [-0.1, -0.05) is 29.2 Å². The third-order valence-electron chi connectivity index (χ3n) is 4.11. The van der Waals surface area contributed by atoms with Crippen LogP contribution in [0.2, 0.25) is 0 Å². The van der Waals surface area contributed by atoms with Crippen molar-refractivity contribution in [1.82, 2.24) is 20.0 Å². The number of thioether (sulfide) groups is 1. The number of carbonyl (C=O) groups is 2. The summed E-state index contributed by atoms with van der Waals surface area (Å²) < 4.78 is 5.77. The van der Waals surface area contributed by atoms with Crippen molar-refractivity contribution in [3.05, 3.63) is 22.4 Å². The van der Waals surface area contributed by atoms with Gasteiger partial charge in [0.1, 0.15) is 0 Å². The molecule has 2 aromatic rings. The second kappa shape index (κ2) is 10.6. The summed E-state index contributed by atoms with van der Waals surface area (Å²) in [6.45, 7) is 5.03. The van der Waals surface area contributed by atoms with E-state index in [0.29, 0.717) is 38.5 Å². The molecule has 0 aliphatic carbocycles. The molecule has 3 rings (SSSR count). The molecule has 2 amide bonds. The molecule has 3 heterocycles. The lowest BCUT2D eigenvalue weighted by Gasteiger charge is -2.33. The van der Waals surface area contributed by atoms with Gasteiger partial charge in [-0.25, -0.2) is 4.79 Å². The number of anilines is 1. The van der Waals surface area contributed by atoms with Crippen molar-refractivity contribution >= 4 is 51.6 Å². The summed E-state index contributed by atoms with van der Waals surface area (Å²) in [6, 6.07) is 4.17. The number of nitrogens with one attached hydrogen (secondary N) is 1. The van der Waals surface area contributed by atoms with Crippen molar-refractivity contribution in [3.63, 3.8) is 0 Å². The molecule has 0 unspecified atom stereocenters. The molecule has 0 atom stereocenters. The van der Waals surface area contributed by atoms with E-state index in [0.717, 1.165) is 22.4 Å². The van der Waals surface area contributed by atoms with Crippen LogP contribution in [0.5, 0.6) is 0 Å². The first-order valence-electron chi connectivity index (χ1n) is 9.07. The third-order valence-corrected chi connectivity index (χ3v) is 7.05. The number of piperazine rings is 1. The first-order valence-corrected chi connectivity index (χ1v) is 11.8. The molecule has 1 aliphatic heterocycles. The van der Waals surface area contributed by atoms with Gasteiger partial charge in [-0.3, -0.25) is 4.79 Å². The fourth-order valence-electron chi connectivity index (χ4n) is 2.65. The van der Waals surface area contributed by atoms with Gasteiger partial charge in [-0.15, -0.1) is 21.5 Å². The highest BCUT2D eigenvalue weighted by atomic mass is 32.2. The van der Waals surface area contributed by atoms with Crippen LogP contribution in [0.15, 0.2) is 21.9 Å². The predicted molar refractivity (Wildman–Crippen MR) is 112 cm³/mol. The van der Waals surface area contributed by atoms with Gasteiger partial charge in [0.25, 0.3) is 0 Å². The molecule has 1 aliphatic rings. The van der Waals surface area contributed by atoms with Gasteiger partial charge in [0.15, 0.2) is 4.34 Å². The average Bonchev–Trinajstić information content (AvgIpc) is 3.39. The van der Waals surface area contributed by atoms with Crippen molar-refractivity contribution in [2.75, 3.05) is 50.4 Å². The topological polar surface area (TPSA) is 87.7 Å². The largest absolute Gasteiger partial charge is 0.450 e. The monoisotopic (exact) mass is 441 g/mol. The minimum atomic E-state index is -0.308. The number of rotatable bonds is 8. The van der Waals surface area contributed by atoms with E-state index < -0.39 is 0 Å². The number of thiophene rings is 1. The average molecular weight is 442 g/mol. The lowest BCUT2D eigenvalue weighted by molar-refractivity contribution is -0.129. The van der Waals surface area contributed by atoms with Gasteiger partial charge in [0.05, 0.1) is 12.4 Å². The molecule has 0 spiro atoms. The maximum atomic E-state index is 12.4. The highest BCUT2D eigenvalue weighted by Crippen LogP contribution is 2.26. The normalized spacial score (nSPS) is 14.2. The van der Waals surface area contributed by atoms with Crippen LogP contribution in [0.1, 0.15) is 11.8 Å². The fourth-order valence-corrected chi connectivity index (χ4v) is 5.04. The lowest BCUT2D eigenvalue weighted by atomic mass is 10.3. The maximum Gasteiger partial charge on any atom is 0.409 e. The van der Waals surface area contributed by atoms with Crippen LogP contribution >= 0.6 is 34.4 Å². The Morgan fingerprint density at radius 1 is 1.25 bits per heavy atom. The van der Waals surface area contributed by atoms with E-state index in [4.69, 9.17) is 4.74 Å². The van der Waals surface area contributed by atoms with Crippen LogP contribution < -0.4 is 5.32 Å². The minimum Gasteiger partial charge on any atom is -0.450 e. The van der Waals surface area contributed by atoms with Crippen molar-refractivity contribution in [2.45, 2.75) is 17.7 Å². The van der Waals surface area contributed by atoms with Crippen LogP contribution in [0, 0.1) is 0 Å². The number of hydrogen-bond acceptors (Lipinski definition) is 9. The molecule has 8 nitrogen and oxygen atoms in total. The molecular formula is C17H23N5O3S3. The second-order valence-corrected chi connectivity index (χ2v) is 9.22. The van der Waals surface area contributed by atoms with Gasteiger partial charge >= 0.3 is 6.09 Å². The molecule has 0 bridgehead atoms. The zero-order valence-electron chi connectivity index (χ0n) is 15.6. The van der Waals surface area contributed by atoms with Crippen LogP contribution in [-0.4, -0.2) is 77.1 Å². The number of amides is 2. The Balaban J connectivity index is 1.36. The zero-order chi connectivity index (χ0) is 19.8. The molecule has 11 heteroatoms. The molecule has 28 heavy (non-hydrogen) atoms. The Morgan fingerprint density at radius 3 is 2.75 bits per heavy atom. The molecule has 0 radical (unpaired) electrons. The molecule has 1 fully saturated rings. The quantitative estimate of drug-likeness (QED) is 0.630. The van der Waals surface area contributed by atoms with E-state index in [9.17, 15) is 9.59 Å². The standard InChI is InChI=1S/C17H23N5O3S3/c1-2-25-17(24)22-9-7-21(8-10-22)14(23)12-27-16-20-19-15(28-16)18-6-5-13-4-3-11-26-13/h3-4,11H,2,5-10,12H2,1H3,(H,18,19). The van der Waals surface area contributed by atoms with Crippen molar-refractivity contribution < 1.29 is 14.3 Å². The van der Waals surface area contributed by atoms with Crippen molar-refractivity contribution in [1.29, 1.82) is 0 Å². The Kier molecular flexibility index (Phi) is 7.92. The Hall–Kier alpha value is -1.85. The van der Waals surface area contributed by atoms with Gasteiger partial charge in [-0.2, -0.15) is 0 Å². The number of hydrogen-bond donors (Lipinski definition) is 1. The highest BCUT2D eigenvalue weighted by Gasteiger charge is 2.25. The van der Waals surface area contributed by atoms with Crippen LogP contribution in [0.25, 0.3) is 0 Å². The molecule has 1 saturated heterocycles. The third kappa shape index (κ3) is 6.08. The first kappa shape index (κ1) is 20.9. The molecule has 1 N–H and O–H groups in total. The Morgan fingerprint density at radius 2 is 2.04 bits per heavy atom. The van der Waals surface area contributed by atoms with Crippen LogP contribution in [-0.2, 0) is 16.0 Å². The summed E-state index contributed by atoms with van der Waals surface area (Å²) in [5, 5.41) is 14.4. The van der Waals surface area contributed by atoms with E-state index in [1.807, 2.05) is 6.07 Å². The van der Waals surface area contributed by atoms with E-state index in [-0.39, 0.29) is 12.0 Å². The number of nitrogens with zero attached hydrogens (tertiary/aromatic N) is 4. The SMILES string of the molecule is CCOC(=O)N1CCN(C(=O)CSc2nnc(NCCc3cccs3)s2)CC1. The summed E-state index contributed by atoms with van der Waals surface area (Å²) >= 11 is 4.61. The van der Waals surface area contributed by atoms with Crippen LogP contribution in [0.4, 0.5) is 9.93 Å². The van der Waals surface area contributed by atoms with Gasteiger partial charge in [0, 0.05) is 37.6 Å². The fraction of sp³-hybridized carbons (Fsp3) is 0.529. The summed E-state index contributed by atoms with van der Waals surface area (Å²) in [7, 11) is 0. The van der Waals surface area contributed by atoms with Gasteiger partial charge in [-0.05, 0) is 24.8 Å². The molecule has 0 saturated carbocycles. The zero-order valence-corrected chi connectivity index (χ0v) is 18.1. The predicted octanol–water partition coefficient (Wildman–Crippen LogP) is 2.65. The van der Waals surface area contributed by atoms with Crippen LogP contribution in [0.3, 0.4) is 0 Å². The maximum absolute atomic E-state index is 12.4. The van der Waals surface area contributed by atoms with Crippen molar-refractivity contribution in [3.8, 4) is 0 Å². The van der Waals surface area contributed by atoms with E-state index in [2.05, 4.69) is 27.0 Å². The molecular weight excluding hydrogens is 418 g/mol. The second-order valence-electron chi connectivity index (χ2n) is 5.98. The van der Waals surface area contributed by atoms with Gasteiger partial charge in [0.2, 0.25) is 11.0 Å². The Labute approximate surface area is 176 Å². The summed E-state index contributed by atoms with van der Waals surface area (Å²) in [5.74, 6) is 0.374. The van der Waals surface area contributed by atoms with Gasteiger partial charge < -0.3 is 19.9 Å². The summed E-state index contributed by atoms with van der Waals surface area (Å²) in [6.07, 6.45) is 0.646. The summed E-state index contributed by atoms with van der Waals surface area (Å²) in [4.78, 5) is 28.9. The number of carbonyl (C=O) groups excluding carboxylic acids is 2. The highest BCUT2D eigenvalue weighted by molar-refractivity contribution is 8.01. The van der Waals surface area contributed by atoms with Crippen molar-refractivity contribution in [2.24, 2.45) is 0 Å². The van der Waals surface area contributed by atoms with E-state index >= 15 is 0 Å². The number of aromatic nitrogens is 2. The van der Waals surface area contributed by atoms with E-state index in [1.54, 1.807) is 28.1 Å². The number of ether oxygens (including phenoxy) is 1.